The summed E-state index contributed by atoms with van der Waals surface area (Å²) in [5, 5.41) is 3.99. The normalized spacial score (nSPS) is 13.4. The van der Waals surface area contributed by atoms with Crippen LogP contribution in [0.15, 0.2) is 23.0 Å². The molecule has 156 valence electrons. The highest BCUT2D eigenvalue weighted by atomic mass is 35.5. The third-order valence-electron chi connectivity index (χ3n) is 4.93. The van der Waals surface area contributed by atoms with Gasteiger partial charge in [-0.3, -0.25) is 9.36 Å². The topological polar surface area (TPSA) is 70.1 Å². The van der Waals surface area contributed by atoms with E-state index < -0.39 is 0 Å². The van der Waals surface area contributed by atoms with Crippen LogP contribution in [0.1, 0.15) is 44.9 Å². The standard InChI is InChI=1S/C21H26Cl2N4O2/c1-4-5-6-24-19(28)12-27-20-18(25-21(27)29)9-15(11-26(20)13(2)3)14-7-16(22)10-17(23)8-14/h7-10,13H,4-6,11-12H2,1-3H3,(H,24,28)(H,25,29). The number of fused-ring (bicyclic) bond motifs is 1. The van der Waals surface area contributed by atoms with Gasteiger partial charge in [-0.2, -0.15) is 0 Å². The first-order valence-electron chi connectivity index (χ1n) is 9.83. The Morgan fingerprint density at radius 2 is 1.93 bits per heavy atom. The minimum atomic E-state index is -0.298. The number of carbonyl (C=O) groups is 1. The van der Waals surface area contributed by atoms with Gasteiger partial charge >= 0.3 is 5.69 Å². The van der Waals surface area contributed by atoms with Gasteiger partial charge in [-0.05, 0) is 55.7 Å². The van der Waals surface area contributed by atoms with Crippen molar-refractivity contribution in [1.82, 2.24) is 14.9 Å². The summed E-state index contributed by atoms with van der Waals surface area (Å²) >= 11 is 12.4. The third kappa shape index (κ3) is 4.87. The summed E-state index contributed by atoms with van der Waals surface area (Å²) in [5.74, 6) is 0.565. The Balaban J connectivity index is 1.98. The van der Waals surface area contributed by atoms with Crippen molar-refractivity contribution < 1.29 is 4.79 Å². The minimum absolute atomic E-state index is 0.0102. The fraction of sp³-hybridized carbons (Fsp3) is 0.429. The van der Waals surface area contributed by atoms with Crippen LogP contribution in [0.25, 0.3) is 11.6 Å². The largest absolute Gasteiger partial charge is 0.355 e. The number of aromatic amines is 1. The van der Waals surface area contributed by atoms with E-state index in [0.29, 0.717) is 28.8 Å². The molecule has 1 aromatic carbocycles. The molecule has 2 heterocycles. The van der Waals surface area contributed by atoms with E-state index in [0.717, 1.165) is 29.8 Å². The Labute approximate surface area is 180 Å². The number of unbranched alkanes of at least 4 members (excludes halogenated alkanes) is 1. The molecule has 2 aromatic rings. The number of halogens is 2. The lowest BCUT2D eigenvalue weighted by Gasteiger charge is -2.33. The van der Waals surface area contributed by atoms with E-state index >= 15 is 0 Å². The Morgan fingerprint density at radius 1 is 1.24 bits per heavy atom. The van der Waals surface area contributed by atoms with Crippen molar-refractivity contribution in [3.05, 3.63) is 50.0 Å². The first kappa shape index (κ1) is 21.5. The Bertz CT molecular complexity index is 971. The molecule has 0 spiro atoms. The van der Waals surface area contributed by atoms with Crippen LogP contribution in [0.3, 0.4) is 0 Å². The zero-order chi connectivity index (χ0) is 21.1. The van der Waals surface area contributed by atoms with E-state index in [1.54, 1.807) is 6.07 Å². The fourth-order valence-corrected chi connectivity index (χ4v) is 3.99. The second-order valence-electron chi connectivity index (χ2n) is 7.51. The van der Waals surface area contributed by atoms with Crippen LogP contribution in [0, 0.1) is 0 Å². The van der Waals surface area contributed by atoms with Crippen LogP contribution in [0.4, 0.5) is 5.82 Å². The third-order valence-corrected chi connectivity index (χ3v) is 5.36. The SMILES string of the molecule is CCCCNC(=O)Cn1c2c([nH]c1=O)C=C(c1cc(Cl)cc(Cl)c1)CN2C(C)C. The first-order chi connectivity index (χ1) is 13.8. The van der Waals surface area contributed by atoms with Crippen LogP contribution in [-0.4, -0.2) is 34.6 Å². The summed E-state index contributed by atoms with van der Waals surface area (Å²) in [4.78, 5) is 29.9. The maximum Gasteiger partial charge on any atom is 0.328 e. The molecule has 1 aromatic heterocycles. The van der Waals surface area contributed by atoms with Crippen molar-refractivity contribution in [3.8, 4) is 0 Å². The van der Waals surface area contributed by atoms with Gasteiger partial charge in [-0.15, -0.1) is 0 Å². The molecule has 1 aliphatic heterocycles. The molecule has 6 nitrogen and oxygen atoms in total. The molecule has 8 heteroatoms. The lowest BCUT2D eigenvalue weighted by Crippen LogP contribution is -2.39. The van der Waals surface area contributed by atoms with E-state index in [1.165, 1.54) is 4.57 Å². The number of rotatable bonds is 7. The highest BCUT2D eigenvalue weighted by Gasteiger charge is 2.27. The molecule has 2 N–H and O–H groups in total. The van der Waals surface area contributed by atoms with Gasteiger partial charge in [0.15, 0.2) is 0 Å². The second kappa shape index (κ2) is 9.09. The first-order valence-corrected chi connectivity index (χ1v) is 10.6. The van der Waals surface area contributed by atoms with Gasteiger partial charge in [-0.1, -0.05) is 36.5 Å². The van der Waals surface area contributed by atoms with E-state index in [-0.39, 0.29) is 24.2 Å². The highest BCUT2D eigenvalue weighted by Crippen LogP contribution is 2.34. The molecule has 0 atom stereocenters. The number of nitrogens with one attached hydrogen (secondary N) is 2. The molecule has 0 bridgehead atoms. The van der Waals surface area contributed by atoms with Gasteiger partial charge in [0.25, 0.3) is 0 Å². The molecule has 0 aliphatic carbocycles. The number of H-pyrrole nitrogens is 1. The van der Waals surface area contributed by atoms with E-state index in [2.05, 4.69) is 36.0 Å². The number of benzene rings is 1. The summed E-state index contributed by atoms with van der Waals surface area (Å²) in [6.45, 7) is 7.36. The Kier molecular flexibility index (Phi) is 6.75. The molecular weight excluding hydrogens is 411 g/mol. The molecule has 3 rings (SSSR count). The molecule has 0 saturated carbocycles. The number of nitrogens with zero attached hydrogens (tertiary/aromatic N) is 2. The van der Waals surface area contributed by atoms with Crippen LogP contribution < -0.4 is 15.9 Å². The van der Waals surface area contributed by atoms with Gasteiger partial charge in [0, 0.05) is 29.2 Å². The molecule has 0 unspecified atom stereocenters. The zero-order valence-corrected chi connectivity index (χ0v) is 18.4. The summed E-state index contributed by atoms with van der Waals surface area (Å²) in [5.41, 5.74) is 2.29. The fourth-order valence-electron chi connectivity index (χ4n) is 3.46. The maximum atomic E-state index is 12.6. The number of amides is 1. The molecular formula is C21H26Cl2N4O2. The summed E-state index contributed by atoms with van der Waals surface area (Å²) < 4.78 is 1.51. The van der Waals surface area contributed by atoms with Gasteiger partial charge in [0.1, 0.15) is 12.4 Å². The van der Waals surface area contributed by atoms with Gasteiger partial charge in [0.05, 0.1) is 5.69 Å². The van der Waals surface area contributed by atoms with Gasteiger partial charge in [-0.25, -0.2) is 4.79 Å². The van der Waals surface area contributed by atoms with E-state index in [4.69, 9.17) is 23.2 Å². The van der Waals surface area contributed by atoms with Crippen LogP contribution >= 0.6 is 23.2 Å². The van der Waals surface area contributed by atoms with Crippen LogP contribution in [0.5, 0.6) is 0 Å². The summed E-state index contributed by atoms with van der Waals surface area (Å²) in [7, 11) is 0. The monoisotopic (exact) mass is 436 g/mol. The number of hydrogen-bond acceptors (Lipinski definition) is 3. The average molecular weight is 437 g/mol. The molecule has 1 amide bonds. The van der Waals surface area contributed by atoms with Crippen molar-refractivity contribution in [2.45, 2.75) is 46.2 Å². The molecule has 29 heavy (non-hydrogen) atoms. The minimum Gasteiger partial charge on any atom is -0.355 e. The smallest absolute Gasteiger partial charge is 0.328 e. The van der Waals surface area contributed by atoms with Crippen LogP contribution in [0.2, 0.25) is 10.0 Å². The number of imidazole rings is 1. The van der Waals surface area contributed by atoms with E-state index in [9.17, 15) is 9.59 Å². The quantitative estimate of drug-likeness (QED) is 0.639. The predicted molar refractivity (Wildman–Crippen MR) is 120 cm³/mol. The van der Waals surface area contributed by atoms with Crippen molar-refractivity contribution in [2.24, 2.45) is 0 Å². The number of carbonyl (C=O) groups excluding carboxylic acids is 1. The predicted octanol–water partition coefficient (Wildman–Crippen LogP) is 4.17. The van der Waals surface area contributed by atoms with Gasteiger partial charge in [0.2, 0.25) is 5.91 Å². The summed E-state index contributed by atoms with van der Waals surface area (Å²) in [6, 6.07) is 5.53. The summed E-state index contributed by atoms with van der Waals surface area (Å²) in [6.07, 6.45) is 3.85. The highest BCUT2D eigenvalue weighted by molar-refractivity contribution is 6.35. The Hall–Kier alpha value is -2.18. The average Bonchev–Trinajstić information content (AvgIpc) is 2.95. The molecule has 0 saturated heterocycles. The van der Waals surface area contributed by atoms with E-state index in [1.807, 2.05) is 18.2 Å². The van der Waals surface area contributed by atoms with Crippen molar-refractivity contribution in [2.75, 3.05) is 18.0 Å². The molecule has 0 fully saturated rings. The number of anilines is 1. The second-order valence-corrected chi connectivity index (χ2v) is 8.38. The maximum absolute atomic E-state index is 12.6. The number of aromatic nitrogens is 2. The Morgan fingerprint density at radius 3 is 2.55 bits per heavy atom. The van der Waals surface area contributed by atoms with Crippen molar-refractivity contribution in [1.29, 1.82) is 0 Å². The lowest BCUT2D eigenvalue weighted by molar-refractivity contribution is -0.121. The number of hydrogen-bond donors (Lipinski definition) is 2. The van der Waals surface area contributed by atoms with Crippen molar-refractivity contribution >= 4 is 46.6 Å². The zero-order valence-electron chi connectivity index (χ0n) is 16.9. The van der Waals surface area contributed by atoms with Crippen LogP contribution in [-0.2, 0) is 11.3 Å². The molecule has 0 radical (unpaired) electrons. The lowest BCUT2D eigenvalue weighted by atomic mass is 10.0. The van der Waals surface area contributed by atoms with Gasteiger partial charge < -0.3 is 15.2 Å². The molecule has 1 aliphatic rings. The van der Waals surface area contributed by atoms with Crippen molar-refractivity contribution in [3.63, 3.8) is 0 Å².